The standard InChI is InChI=1S/C6H13NO2/c1-5(7)4-6(9)2-3-8/h6,8-9H,1-4,7H2. The van der Waals surface area contributed by atoms with Crippen molar-refractivity contribution in [3.8, 4) is 0 Å². The third-order valence-corrected chi connectivity index (χ3v) is 0.960. The normalized spacial score (nSPS) is 13.1. The highest BCUT2D eigenvalue weighted by molar-refractivity contribution is 4.88. The van der Waals surface area contributed by atoms with Crippen LogP contribution < -0.4 is 5.73 Å². The third kappa shape index (κ3) is 5.33. The van der Waals surface area contributed by atoms with Crippen LogP contribution in [0.15, 0.2) is 12.3 Å². The van der Waals surface area contributed by atoms with Gasteiger partial charge < -0.3 is 15.9 Å². The molecule has 4 N–H and O–H groups in total. The molecule has 0 aliphatic rings. The van der Waals surface area contributed by atoms with Crippen LogP contribution in [0.2, 0.25) is 0 Å². The Labute approximate surface area is 54.8 Å². The minimum Gasteiger partial charge on any atom is -0.402 e. The summed E-state index contributed by atoms with van der Waals surface area (Å²) in [4.78, 5) is 0. The lowest BCUT2D eigenvalue weighted by molar-refractivity contribution is 0.133. The molecule has 54 valence electrons. The molecule has 0 saturated heterocycles. The minimum atomic E-state index is -0.535. The Bertz CT molecular complexity index is 93.1. The van der Waals surface area contributed by atoms with Crippen LogP contribution >= 0.6 is 0 Å². The molecule has 0 rings (SSSR count). The average Bonchev–Trinajstić information content (AvgIpc) is 1.63. The van der Waals surface area contributed by atoms with Crippen LogP contribution in [0, 0.1) is 0 Å². The van der Waals surface area contributed by atoms with Gasteiger partial charge in [0.2, 0.25) is 0 Å². The summed E-state index contributed by atoms with van der Waals surface area (Å²) in [6.45, 7) is 3.41. The van der Waals surface area contributed by atoms with E-state index in [0.717, 1.165) is 0 Å². The van der Waals surface area contributed by atoms with Gasteiger partial charge in [-0.15, -0.1) is 0 Å². The first-order chi connectivity index (χ1) is 4.16. The van der Waals surface area contributed by atoms with Crippen LogP contribution in [0.3, 0.4) is 0 Å². The van der Waals surface area contributed by atoms with E-state index in [9.17, 15) is 0 Å². The smallest absolute Gasteiger partial charge is 0.0616 e. The Morgan fingerprint density at radius 1 is 1.67 bits per heavy atom. The summed E-state index contributed by atoms with van der Waals surface area (Å²) in [7, 11) is 0. The Hall–Kier alpha value is -0.540. The van der Waals surface area contributed by atoms with Crippen molar-refractivity contribution >= 4 is 0 Å². The van der Waals surface area contributed by atoms with E-state index in [0.29, 0.717) is 18.5 Å². The first-order valence-electron chi connectivity index (χ1n) is 2.89. The predicted octanol–water partition coefficient (Wildman–Crippen LogP) is -0.408. The SMILES string of the molecule is C=C(N)CC(O)CCO. The van der Waals surface area contributed by atoms with Crippen LogP contribution in [0.25, 0.3) is 0 Å². The molecule has 0 spiro atoms. The van der Waals surface area contributed by atoms with Crippen molar-refractivity contribution in [3.05, 3.63) is 12.3 Å². The van der Waals surface area contributed by atoms with E-state index in [2.05, 4.69) is 6.58 Å². The summed E-state index contributed by atoms with van der Waals surface area (Å²) < 4.78 is 0. The molecule has 0 heterocycles. The monoisotopic (exact) mass is 131 g/mol. The molecule has 3 heteroatoms. The highest BCUT2D eigenvalue weighted by atomic mass is 16.3. The maximum Gasteiger partial charge on any atom is 0.0616 e. The molecular weight excluding hydrogens is 118 g/mol. The molecule has 0 radical (unpaired) electrons. The molecule has 9 heavy (non-hydrogen) atoms. The third-order valence-electron chi connectivity index (χ3n) is 0.960. The van der Waals surface area contributed by atoms with Crippen LogP contribution in [-0.2, 0) is 0 Å². The van der Waals surface area contributed by atoms with Crippen molar-refractivity contribution < 1.29 is 10.2 Å². The lowest BCUT2D eigenvalue weighted by Gasteiger charge is -2.06. The van der Waals surface area contributed by atoms with Gasteiger partial charge >= 0.3 is 0 Å². The quantitative estimate of drug-likeness (QED) is 0.486. The second-order valence-corrected chi connectivity index (χ2v) is 2.03. The molecule has 0 aromatic carbocycles. The summed E-state index contributed by atoms with van der Waals surface area (Å²) in [6, 6.07) is 0. The van der Waals surface area contributed by atoms with Crippen LogP contribution in [-0.4, -0.2) is 22.9 Å². The van der Waals surface area contributed by atoms with Crippen molar-refractivity contribution in [1.29, 1.82) is 0 Å². The maximum atomic E-state index is 8.92. The van der Waals surface area contributed by atoms with Crippen molar-refractivity contribution in [3.63, 3.8) is 0 Å². The van der Waals surface area contributed by atoms with Gasteiger partial charge in [0.15, 0.2) is 0 Å². The molecule has 0 saturated carbocycles. The molecule has 3 nitrogen and oxygen atoms in total. The van der Waals surface area contributed by atoms with Crippen molar-refractivity contribution in [1.82, 2.24) is 0 Å². The van der Waals surface area contributed by atoms with Gasteiger partial charge in [0.05, 0.1) is 6.10 Å². The molecule has 0 fully saturated rings. The van der Waals surface area contributed by atoms with Gasteiger partial charge in [0.25, 0.3) is 0 Å². The minimum absolute atomic E-state index is 0.00551. The summed E-state index contributed by atoms with van der Waals surface area (Å²) in [6.07, 6.45) is 0.212. The summed E-state index contributed by atoms with van der Waals surface area (Å²) in [5.41, 5.74) is 5.64. The zero-order valence-electron chi connectivity index (χ0n) is 5.38. The molecular formula is C6H13NO2. The second kappa shape index (κ2) is 4.35. The Morgan fingerprint density at radius 2 is 2.22 bits per heavy atom. The molecule has 1 atom stereocenters. The summed E-state index contributed by atoms with van der Waals surface area (Å²) in [5, 5.41) is 17.2. The highest BCUT2D eigenvalue weighted by Gasteiger charge is 2.01. The lowest BCUT2D eigenvalue weighted by atomic mass is 10.2. The number of rotatable bonds is 4. The second-order valence-electron chi connectivity index (χ2n) is 2.03. The van der Waals surface area contributed by atoms with E-state index in [1.54, 1.807) is 0 Å². The van der Waals surface area contributed by atoms with Crippen LogP contribution in [0.1, 0.15) is 12.8 Å². The van der Waals surface area contributed by atoms with E-state index in [-0.39, 0.29) is 6.61 Å². The molecule has 0 aliphatic heterocycles. The molecule has 1 unspecified atom stereocenters. The zero-order valence-corrected chi connectivity index (χ0v) is 5.38. The van der Waals surface area contributed by atoms with E-state index in [4.69, 9.17) is 15.9 Å². The number of aliphatic hydroxyl groups is 2. The van der Waals surface area contributed by atoms with Gasteiger partial charge in [0, 0.05) is 18.7 Å². The van der Waals surface area contributed by atoms with Crippen molar-refractivity contribution in [2.75, 3.05) is 6.61 Å². The number of hydrogen-bond donors (Lipinski definition) is 3. The number of hydrogen-bond acceptors (Lipinski definition) is 3. The first kappa shape index (κ1) is 8.46. The molecule has 0 amide bonds. The van der Waals surface area contributed by atoms with E-state index in [1.165, 1.54) is 0 Å². The van der Waals surface area contributed by atoms with E-state index >= 15 is 0 Å². The number of aliphatic hydroxyl groups excluding tert-OH is 2. The summed E-state index contributed by atoms with van der Waals surface area (Å²) in [5.74, 6) is 0. The van der Waals surface area contributed by atoms with Crippen LogP contribution in [0.5, 0.6) is 0 Å². The van der Waals surface area contributed by atoms with Gasteiger partial charge in [0.1, 0.15) is 0 Å². The summed E-state index contributed by atoms with van der Waals surface area (Å²) >= 11 is 0. The van der Waals surface area contributed by atoms with Crippen molar-refractivity contribution in [2.24, 2.45) is 5.73 Å². The van der Waals surface area contributed by atoms with Gasteiger partial charge in [-0.25, -0.2) is 0 Å². The van der Waals surface area contributed by atoms with Gasteiger partial charge in [-0.05, 0) is 6.42 Å². The zero-order chi connectivity index (χ0) is 7.28. The Morgan fingerprint density at radius 3 is 2.56 bits per heavy atom. The molecule has 0 aromatic heterocycles. The lowest BCUT2D eigenvalue weighted by Crippen LogP contribution is -2.12. The fourth-order valence-corrected chi connectivity index (χ4v) is 0.554. The highest BCUT2D eigenvalue weighted by Crippen LogP contribution is 1.99. The largest absolute Gasteiger partial charge is 0.402 e. The first-order valence-corrected chi connectivity index (χ1v) is 2.89. The van der Waals surface area contributed by atoms with E-state index < -0.39 is 6.10 Å². The van der Waals surface area contributed by atoms with Gasteiger partial charge in [-0.1, -0.05) is 6.58 Å². The maximum absolute atomic E-state index is 8.92. The van der Waals surface area contributed by atoms with Crippen molar-refractivity contribution in [2.45, 2.75) is 18.9 Å². The van der Waals surface area contributed by atoms with Crippen LogP contribution in [0.4, 0.5) is 0 Å². The molecule has 0 aromatic rings. The van der Waals surface area contributed by atoms with E-state index in [1.807, 2.05) is 0 Å². The average molecular weight is 131 g/mol. The topological polar surface area (TPSA) is 66.5 Å². The molecule has 0 bridgehead atoms. The predicted molar refractivity (Wildman–Crippen MR) is 35.7 cm³/mol. The Balaban J connectivity index is 3.26. The fourth-order valence-electron chi connectivity index (χ4n) is 0.554. The fraction of sp³-hybridized carbons (Fsp3) is 0.667. The van der Waals surface area contributed by atoms with Gasteiger partial charge in [-0.2, -0.15) is 0 Å². The number of nitrogens with two attached hydrogens (primary N) is 1. The molecule has 0 aliphatic carbocycles. The van der Waals surface area contributed by atoms with Gasteiger partial charge in [-0.3, -0.25) is 0 Å². The Kier molecular flexibility index (Phi) is 4.09.